The number of thiophene rings is 1. The molecule has 0 amide bonds. The molecule has 2 aliphatic rings. The van der Waals surface area contributed by atoms with E-state index in [1.165, 1.54) is 43.6 Å². The fourth-order valence-electron chi connectivity index (χ4n) is 3.00. The largest absolute Gasteiger partial charge is 0.356 e. The normalized spacial score (nSPS) is 20.1. The topological polar surface area (TPSA) is 39.7 Å². The molecule has 6 heteroatoms. The van der Waals surface area contributed by atoms with Gasteiger partial charge in [0.15, 0.2) is 5.96 Å². The zero-order chi connectivity index (χ0) is 15.2. The van der Waals surface area contributed by atoms with E-state index in [1.807, 2.05) is 18.4 Å². The van der Waals surface area contributed by atoms with E-state index in [0.29, 0.717) is 0 Å². The lowest BCUT2D eigenvalue weighted by Crippen LogP contribution is -2.43. The van der Waals surface area contributed by atoms with Gasteiger partial charge in [0.1, 0.15) is 0 Å². The van der Waals surface area contributed by atoms with Crippen LogP contribution in [-0.4, -0.2) is 44.1 Å². The van der Waals surface area contributed by atoms with Crippen LogP contribution < -0.4 is 10.6 Å². The van der Waals surface area contributed by atoms with Crippen molar-refractivity contribution in [2.75, 3.05) is 33.2 Å². The van der Waals surface area contributed by atoms with Crippen molar-refractivity contribution >= 4 is 41.3 Å². The van der Waals surface area contributed by atoms with E-state index in [0.717, 1.165) is 37.4 Å². The van der Waals surface area contributed by atoms with Gasteiger partial charge in [0.2, 0.25) is 0 Å². The molecule has 130 valence electrons. The van der Waals surface area contributed by atoms with Gasteiger partial charge < -0.3 is 10.6 Å². The van der Waals surface area contributed by atoms with E-state index in [9.17, 15) is 0 Å². The van der Waals surface area contributed by atoms with E-state index in [2.05, 4.69) is 38.0 Å². The smallest absolute Gasteiger partial charge is 0.190 e. The van der Waals surface area contributed by atoms with Gasteiger partial charge >= 0.3 is 0 Å². The zero-order valence-corrected chi connectivity index (χ0v) is 17.1. The molecule has 4 nitrogen and oxygen atoms in total. The summed E-state index contributed by atoms with van der Waals surface area (Å²) in [5.74, 6) is 2.64. The van der Waals surface area contributed by atoms with Crippen LogP contribution in [0.4, 0.5) is 0 Å². The Labute approximate surface area is 161 Å². The van der Waals surface area contributed by atoms with Crippen molar-refractivity contribution in [1.82, 2.24) is 15.5 Å². The van der Waals surface area contributed by atoms with Gasteiger partial charge in [-0.15, -0.1) is 35.3 Å². The molecule has 1 aromatic heterocycles. The molecule has 0 radical (unpaired) electrons. The van der Waals surface area contributed by atoms with Crippen LogP contribution in [0.2, 0.25) is 0 Å². The lowest BCUT2D eigenvalue weighted by molar-refractivity contribution is 0.179. The number of rotatable bonds is 6. The molecule has 2 fully saturated rings. The summed E-state index contributed by atoms with van der Waals surface area (Å²) in [6, 6.07) is 4.39. The Morgan fingerprint density at radius 1 is 1.17 bits per heavy atom. The quantitative estimate of drug-likeness (QED) is 0.399. The molecule has 0 bridgehead atoms. The predicted octanol–water partition coefficient (Wildman–Crippen LogP) is 3.15. The van der Waals surface area contributed by atoms with E-state index in [1.54, 1.807) is 0 Å². The molecule has 0 atom stereocenters. The highest BCUT2D eigenvalue weighted by molar-refractivity contribution is 14.0. The third-order valence-electron chi connectivity index (χ3n) is 4.70. The molecular weight excluding hydrogens is 419 g/mol. The molecule has 1 saturated heterocycles. The average Bonchev–Trinajstić information content (AvgIpc) is 3.24. The van der Waals surface area contributed by atoms with Crippen LogP contribution in [0.1, 0.15) is 30.6 Å². The standard InChI is InChI=1S/C17H28N4S.HI/c1-18-17(19-11-14-4-5-14)20-12-15-6-8-21(9-7-15)13-16-3-2-10-22-16;/h2-3,10,14-15H,4-9,11-13H2,1H3,(H2,18,19,20);1H. The van der Waals surface area contributed by atoms with Crippen LogP contribution in [-0.2, 0) is 6.54 Å². The molecule has 0 unspecified atom stereocenters. The van der Waals surface area contributed by atoms with Gasteiger partial charge in [-0.2, -0.15) is 0 Å². The highest BCUT2D eigenvalue weighted by Crippen LogP contribution is 2.27. The number of halogens is 1. The van der Waals surface area contributed by atoms with Crippen molar-refractivity contribution in [1.29, 1.82) is 0 Å². The van der Waals surface area contributed by atoms with Crippen molar-refractivity contribution in [3.63, 3.8) is 0 Å². The Kier molecular flexibility index (Phi) is 8.12. The summed E-state index contributed by atoms with van der Waals surface area (Å²) in [4.78, 5) is 8.40. The monoisotopic (exact) mass is 448 g/mol. The minimum Gasteiger partial charge on any atom is -0.356 e. The minimum atomic E-state index is 0. The van der Waals surface area contributed by atoms with Crippen LogP contribution >= 0.6 is 35.3 Å². The summed E-state index contributed by atoms with van der Waals surface area (Å²) in [6.45, 7) is 5.70. The van der Waals surface area contributed by atoms with Gasteiger partial charge in [0.05, 0.1) is 0 Å². The molecule has 23 heavy (non-hydrogen) atoms. The van der Waals surface area contributed by atoms with Gasteiger partial charge in [-0.1, -0.05) is 6.07 Å². The van der Waals surface area contributed by atoms with E-state index in [4.69, 9.17) is 0 Å². The summed E-state index contributed by atoms with van der Waals surface area (Å²) in [7, 11) is 1.87. The Balaban J connectivity index is 0.00000192. The first-order valence-corrected chi connectivity index (χ1v) is 9.40. The van der Waals surface area contributed by atoms with Gasteiger partial charge in [0.25, 0.3) is 0 Å². The summed E-state index contributed by atoms with van der Waals surface area (Å²) >= 11 is 1.87. The second kappa shape index (κ2) is 9.84. The first-order chi connectivity index (χ1) is 10.8. The second-order valence-electron chi connectivity index (χ2n) is 6.58. The molecule has 2 N–H and O–H groups in total. The first-order valence-electron chi connectivity index (χ1n) is 8.52. The molecule has 3 rings (SSSR count). The Bertz CT molecular complexity index is 465. The second-order valence-corrected chi connectivity index (χ2v) is 7.61. The number of hydrogen-bond donors (Lipinski definition) is 2. The van der Waals surface area contributed by atoms with Crippen molar-refractivity contribution in [3.05, 3.63) is 22.4 Å². The number of likely N-dealkylation sites (tertiary alicyclic amines) is 1. The van der Waals surface area contributed by atoms with Gasteiger partial charge in [-0.05, 0) is 62.1 Å². The Hall–Kier alpha value is -0.340. The fraction of sp³-hybridized carbons (Fsp3) is 0.706. The van der Waals surface area contributed by atoms with Crippen LogP contribution in [0.25, 0.3) is 0 Å². The summed E-state index contributed by atoms with van der Waals surface area (Å²) < 4.78 is 0. The average molecular weight is 448 g/mol. The SMILES string of the molecule is CN=C(NCC1CC1)NCC1CCN(Cc2cccs2)CC1.I. The van der Waals surface area contributed by atoms with E-state index >= 15 is 0 Å². The molecule has 0 aromatic carbocycles. The Morgan fingerprint density at radius 3 is 2.35 bits per heavy atom. The van der Waals surface area contributed by atoms with Crippen molar-refractivity contribution in [2.24, 2.45) is 16.8 Å². The van der Waals surface area contributed by atoms with Crippen molar-refractivity contribution < 1.29 is 0 Å². The van der Waals surface area contributed by atoms with Gasteiger partial charge in [0, 0.05) is 31.6 Å². The third kappa shape index (κ3) is 6.58. The number of piperidine rings is 1. The molecule has 1 saturated carbocycles. The minimum absolute atomic E-state index is 0. The highest BCUT2D eigenvalue weighted by Gasteiger charge is 2.22. The number of nitrogens with zero attached hydrogens (tertiary/aromatic N) is 2. The molecular formula is C17H29IN4S. The van der Waals surface area contributed by atoms with Crippen LogP contribution in [0.5, 0.6) is 0 Å². The lowest BCUT2D eigenvalue weighted by atomic mass is 9.97. The molecule has 0 spiro atoms. The third-order valence-corrected chi connectivity index (χ3v) is 5.56. The first kappa shape index (κ1) is 19.0. The van der Waals surface area contributed by atoms with Crippen LogP contribution in [0, 0.1) is 11.8 Å². The molecule has 1 aliphatic carbocycles. The Morgan fingerprint density at radius 2 is 1.83 bits per heavy atom. The molecule has 1 aliphatic heterocycles. The van der Waals surface area contributed by atoms with Crippen LogP contribution in [0.3, 0.4) is 0 Å². The number of aliphatic imine (C=N–C) groups is 1. The van der Waals surface area contributed by atoms with Gasteiger partial charge in [-0.25, -0.2) is 0 Å². The zero-order valence-electron chi connectivity index (χ0n) is 14.0. The maximum Gasteiger partial charge on any atom is 0.190 e. The summed E-state index contributed by atoms with van der Waals surface area (Å²) in [5.41, 5.74) is 0. The number of guanidine groups is 1. The van der Waals surface area contributed by atoms with E-state index < -0.39 is 0 Å². The maximum atomic E-state index is 4.32. The van der Waals surface area contributed by atoms with Gasteiger partial charge in [-0.3, -0.25) is 9.89 Å². The van der Waals surface area contributed by atoms with Crippen molar-refractivity contribution in [3.8, 4) is 0 Å². The molecule has 1 aromatic rings. The fourth-order valence-corrected chi connectivity index (χ4v) is 3.74. The number of nitrogens with one attached hydrogen (secondary N) is 2. The van der Waals surface area contributed by atoms with Crippen molar-refractivity contribution in [2.45, 2.75) is 32.2 Å². The van der Waals surface area contributed by atoms with E-state index in [-0.39, 0.29) is 24.0 Å². The summed E-state index contributed by atoms with van der Waals surface area (Å²) in [5, 5.41) is 9.12. The molecule has 2 heterocycles. The number of hydrogen-bond acceptors (Lipinski definition) is 3. The maximum absolute atomic E-state index is 4.32. The van der Waals surface area contributed by atoms with Crippen LogP contribution in [0.15, 0.2) is 22.5 Å². The predicted molar refractivity (Wildman–Crippen MR) is 110 cm³/mol. The highest BCUT2D eigenvalue weighted by atomic mass is 127. The lowest BCUT2D eigenvalue weighted by Gasteiger charge is -2.32. The summed E-state index contributed by atoms with van der Waals surface area (Å²) in [6.07, 6.45) is 5.34.